The highest BCUT2D eigenvalue weighted by Crippen LogP contribution is 2.20. The van der Waals surface area contributed by atoms with E-state index in [0.29, 0.717) is 6.04 Å². The third kappa shape index (κ3) is 2.18. The lowest BCUT2D eigenvalue weighted by Crippen LogP contribution is -2.54. The van der Waals surface area contributed by atoms with Crippen LogP contribution in [0.3, 0.4) is 0 Å². The topological polar surface area (TPSA) is 41.6 Å². The summed E-state index contributed by atoms with van der Waals surface area (Å²) in [5, 5.41) is 3.26. The van der Waals surface area contributed by atoms with Gasteiger partial charge in [0.05, 0.1) is 13.2 Å². The van der Waals surface area contributed by atoms with Crippen LogP contribution in [0.5, 0.6) is 0 Å². The summed E-state index contributed by atoms with van der Waals surface area (Å²) in [7, 11) is 3.39. The molecule has 0 bridgehead atoms. The van der Waals surface area contributed by atoms with Crippen molar-refractivity contribution >= 4 is 6.09 Å². The van der Waals surface area contributed by atoms with Gasteiger partial charge in [-0.2, -0.15) is 0 Å². The van der Waals surface area contributed by atoms with E-state index >= 15 is 0 Å². The van der Waals surface area contributed by atoms with Crippen molar-refractivity contribution in [3.8, 4) is 0 Å². The first-order valence-corrected chi connectivity index (χ1v) is 5.26. The Morgan fingerprint density at radius 1 is 1.64 bits per heavy atom. The smallest absolute Gasteiger partial charge is 0.409 e. The summed E-state index contributed by atoms with van der Waals surface area (Å²) in [5.41, 5.74) is 0. The molecule has 0 saturated carbocycles. The van der Waals surface area contributed by atoms with Gasteiger partial charge in [-0.15, -0.1) is 0 Å². The van der Waals surface area contributed by atoms with Crippen LogP contribution >= 0.6 is 0 Å². The molecule has 0 radical (unpaired) electrons. The minimum atomic E-state index is -0.197. The van der Waals surface area contributed by atoms with Gasteiger partial charge in [0.1, 0.15) is 0 Å². The summed E-state index contributed by atoms with van der Waals surface area (Å²) < 4.78 is 4.77. The summed E-state index contributed by atoms with van der Waals surface area (Å²) in [5.74, 6) is 0. The highest BCUT2D eigenvalue weighted by molar-refractivity contribution is 5.68. The van der Waals surface area contributed by atoms with Crippen LogP contribution in [0.15, 0.2) is 0 Å². The number of amides is 1. The van der Waals surface area contributed by atoms with Crippen molar-refractivity contribution in [2.45, 2.75) is 38.3 Å². The van der Waals surface area contributed by atoms with Gasteiger partial charge in [0.2, 0.25) is 0 Å². The fraction of sp³-hybridized carbons (Fsp3) is 0.900. The predicted octanol–water partition coefficient (Wildman–Crippen LogP) is 1.22. The molecule has 1 rings (SSSR count). The van der Waals surface area contributed by atoms with Gasteiger partial charge < -0.3 is 15.0 Å². The number of likely N-dealkylation sites (N-methyl/N-ethyl adjacent to an activating group) is 1. The number of ether oxygens (including phenoxy) is 1. The maximum absolute atomic E-state index is 11.5. The molecule has 14 heavy (non-hydrogen) atoms. The number of nitrogens with one attached hydrogen (secondary N) is 1. The third-order valence-corrected chi connectivity index (χ3v) is 2.98. The van der Waals surface area contributed by atoms with Crippen molar-refractivity contribution in [3.63, 3.8) is 0 Å². The second-order valence-corrected chi connectivity index (χ2v) is 3.68. The lowest BCUT2D eigenvalue weighted by molar-refractivity contribution is 0.0753. The summed E-state index contributed by atoms with van der Waals surface area (Å²) in [4.78, 5) is 13.3. The number of hydrogen-bond donors (Lipinski definition) is 1. The Bertz CT molecular complexity index is 197. The van der Waals surface area contributed by atoms with E-state index in [0.717, 1.165) is 25.8 Å². The third-order valence-electron chi connectivity index (χ3n) is 2.98. The van der Waals surface area contributed by atoms with E-state index in [-0.39, 0.29) is 12.1 Å². The van der Waals surface area contributed by atoms with Crippen LogP contribution in [0.2, 0.25) is 0 Å². The SMILES string of the molecule is CCC1C(NC)CCCN1C(=O)OC. The monoisotopic (exact) mass is 200 g/mol. The number of nitrogens with zero attached hydrogens (tertiary/aromatic N) is 1. The molecule has 4 heteroatoms. The number of piperidine rings is 1. The number of rotatable bonds is 2. The first kappa shape index (κ1) is 11.3. The molecule has 1 fully saturated rings. The van der Waals surface area contributed by atoms with Crippen LogP contribution in [0.25, 0.3) is 0 Å². The Morgan fingerprint density at radius 2 is 2.36 bits per heavy atom. The Kier molecular flexibility index (Phi) is 4.20. The summed E-state index contributed by atoms with van der Waals surface area (Å²) in [6.07, 6.45) is 2.97. The molecule has 0 spiro atoms. The number of carbonyl (C=O) groups excluding carboxylic acids is 1. The number of hydrogen-bond acceptors (Lipinski definition) is 3. The molecule has 1 heterocycles. The van der Waals surface area contributed by atoms with E-state index < -0.39 is 0 Å². The van der Waals surface area contributed by atoms with Crippen molar-refractivity contribution < 1.29 is 9.53 Å². The van der Waals surface area contributed by atoms with E-state index in [4.69, 9.17) is 4.74 Å². The molecule has 1 N–H and O–H groups in total. The molecule has 2 unspecified atom stereocenters. The normalized spacial score (nSPS) is 27.5. The first-order valence-electron chi connectivity index (χ1n) is 5.26. The summed E-state index contributed by atoms with van der Waals surface area (Å²) in [6, 6.07) is 0.689. The van der Waals surface area contributed by atoms with Crippen molar-refractivity contribution in [3.05, 3.63) is 0 Å². The summed E-state index contributed by atoms with van der Waals surface area (Å²) >= 11 is 0. The highest BCUT2D eigenvalue weighted by atomic mass is 16.5. The van der Waals surface area contributed by atoms with Crippen LogP contribution in [0, 0.1) is 0 Å². The molecule has 0 aromatic rings. The van der Waals surface area contributed by atoms with Crippen molar-refractivity contribution in [1.29, 1.82) is 0 Å². The van der Waals surface area contributed by atoms with Crippen LogP contribution in [-0.2, 0) is 4.74 Å². The minimum Gasteiger partial charge on any atom is -0.453 e. The van der Waals surface area contributed by atoms with E-state index in [9.17, 15) is 4.79 Å². The van der Waals surface area contributed by atoms with Gasteiger partial charge in [-0.25, -0.2) is 4.79 Å². The number of carbonyl (C=O) groups is 1. The summed E-state index contributed by atoms with van der Waals surface area (Å²) in [6.45, 7) is 2.93. The Labute approximate surface area is 85.6 Å². The zero-order valence-corrected chi connectivity index (χ0v) is 9.25. The quantitative estimate of drug-likeness (QED) is 0.728. The van der Waals surface area contributed by atoms with Gasteiger partial charge in [0.25, 0.3) is 0 Å². The molecular weight excluding hydrogens is 180 g/mol. The largest absolute Gasteiger partial charge is 0.453 e. The van der Waals surface area contributed by atoms with Crippen LogP contribution in [0.1, 0.15) is 26.2 Å². The van der Waals surface area contributed by atoms with Gasteiger partial charge in [-0.05, 0) is 26.3 Å². The molecule has 0 aromatic heterocycles. The van der Waals surface area contributed by atoms with Gasteiger partial charge in [-0.1, -0.05) is 6.92 Å². The molecule has 1 aliphatic heterocycles. The van der Waals surface area contributed by atoms with Gasteiger partial charge in [-0.3, -0.25) is 0 Å². The van der Waals surface area contributed by atoms with Gasteiger partial charge in [0, 0.05) is 12.6 Å². The van der Waals surface area contributed by atoms with Gasteiger partial charge >= 0.3 is 6.09 Å². The Hall–Kier alpha value is -0.770. The molecule has 0 aromatic carbocycles. The molecule has 0 aliphatic carbocycles. The van der Waals surface area contributed by atoms with Crippen molar-refractivity contribution in [2.24, 2.45) is 0 Å². The van der Waals surface area contributed by atoms with Crippen molar-refractivity contribution in [2.75, 3.05) is 20.7 Å². The maximum Gasteiger partial charge on any atom is 0.409 e. The van der Waals surface area contributed by atoms with Crippen LogP contribution in [0.4, 0.5) is 4.79 Å². The lowest BCUT2D eigenvalue weighted by Gasteiger charge is -2.39. The highest BCUT2D eigenvalue weighted by Gasteiger charge is 2.32. The molecule has 4 nitrogen and oxygen atoms in total. The second kappa shape index (κ2) is 5.20. The molecule has 1 aliphatic rings. The average molecular weight is 200 g/mol. The maximum atomic E-state index is 11.5. The standard InChI is InChI=1S/C10H20N2O2/c1-4-9-8(11-2)6-5-7-12(9)10(13)14-3/h8-9,11H,4-7H2,1-3H3. The second-order valence-electron chi connectivity index (χ2n) is 3.68. The lowest BCUT2D eigenvalue weighted by atomic mass is 9.95. The fourth-order valence-corrected chi connectivity index (χ4v) is 2.24. The van der Waals surface area contributed by atoms with E-state index in [1.165, 1.54) is 7.11 Å². The van der Waals surface area contributed by atoms with E-state index in [1.54, 1.807) is 0 Å². The predicted molar refractivity (Wildman–Crippen MR) is 55.3 cm³/mol. The molecule has 1 amide bonds. The van der Waals surface area contributed by atoms with Gasteiger partial charge in [0.15, 0.2) is 0 Å². The fourth-order valence-electron chi connectivity index (χ4n) is 2.24. The van der Waals surface area contributed by atoms with Crippen molar-refractivity contribution in [1.82, 2.24) is 10.2 Å². The average Bonchev–Trinajstić information content (AvgIpc) is 2.26. The zero-order valence-electron chi connectivity index (χ0n) is 9.25. The molecule has 2 atom stereocenters. The van der Waals surface area contributed by atoms with Crippen LogP contribution < -0.4 is 5.32 Å². The number of likely N-dealkylation sites (tertiary alicyclic amines) is 1. The molecule has 1 saturated heterocycles. The molecule has 82 valence electrons. The van der Waals surface area contributed by atoms with Crippen LogP contribution in [-0.4, -0.2) is 43.8 Å². The minimum absolute atomic E-state index is 0.197. The molecular formula is C10H20N2O2. The first-order chi connectivity index (χ1) is 6.74. The Balaban J connectivity index is 2.67. The zero-order chi connectivity index (χ0) is 10.6. The van der Waals surface area contributed by atoms with E-state index in [1.807, 2.05) is 11.9 Å². The Morgan fingerprint density at radius 3 is 2.86 bits per heavy atom. The number of methoxy groups -OCH3 is 1. The van der Waals surface area contributed by atoms with E-state index in [2.05, 4.69) is 12.2 Å².